The van der Waals surface area contributed by atoms with Crippen LogP contribution in [-0.4, -0.2) is 17.6 Å². The van der Waals surface area contributed by atoms with E-state index >= 15 is 0 Å². The summed E-state index contributed by atoms with van der Waals surface area (Å²) in [6.45, 7) is 1.82. The average molecular weight is 302 g/mol. The number of fused-ring (bicyclic) bond motifs is 1. The molecule has 2 nitrogen and oxygen atoms in total. The standard InChI is InChI=1S/C17H15FO2S/c1-11-8-13(18)7-6-12(11)9-14(19)16-10-21-17-5-3-2-4-15(17)20-16/h2-8,16H,9-10H2,1H3. The van der Waals surface area contributed by atoms with Crippen LogP contribution < -0.4 is 4.74 Å². The smallest absolute Gasteiger partial charge is 0.178 e. The number of hydrogen-bond donors (Lipinski definition) is 0. The molecule has 2 aromatic rings. The van der Waals surface area contributed by atoms with Crippen LogP contribution in [0.25, 0.3) is 0 Å². The molecule has 1 heterocycles. The van der Waals surface area contributed by atoms with Crippen LogP contribution in [0.1, 0.15) is 11.1 Å². The summed E-state index contributed by atoms with van der Waals surface area (Å²) in [6.07, 6.45) is -0.158. The zero-order valence-corrected chi connectivity index (χ0v) is 12.5. The molecule has 0 saturated carbocycles. The number of ketones is 1. The van der Waals surface area contributed by atoms with Crippen molar-refractivity contribution in [3.05, 3.63) is 59.4 Å². The van der Waals surface area contributed by atoms with E-state index in [2.05, 4.69) is 0 Å². The number of carbonyl (C=O) groups is 1. The van der Waals surface area contributed by atoms with Gasteiger partial charge in [-0.25, -0.2) is 4.39 Å². The third-order valence-electron chi connectivity index (χ3n) is 3.54. The Balaban J connectivity index is 1.72. The van der Waals surface area contributed by atoms with Crippen molar-refractivity contribution in [1.29, 1.82) is 0 Å². The molecule has 0 aliphatic carbocycles. The van der Waals surface area contributed by atoms with Gasteiger partial charge < -0.3 is 4.74 Å². The van der Waals surface area contributed by atoms with Crippen molar-refractivity contribution in [2.75, 3.05) is 5.75 Å². The molecule has 108 valence electrons. The maximum atomic E-state index is 13.1. The first kappa shape index (κ1) is 14.1. The lowest BCUT2D eigenvalue weighted by Gasteiger charge is -2.24. The summed E-state index contributed by atoms with van der Waals surface area (Å²) < 4.78 is 18.9. The molecule has 3 rings (SSSR count). The number of ether oxygens (including phenoxy) is 1. The molecule has 0 spiro atoms. The number of hydrogen-bond acceptors (Lipinski definition) is 3. The van der Waals surface area contributed by atoms with Gasteiger partial charge in [0.25, 0.3) is 0 Å². The Morgan fingerprint density at radius 2 is 2.14 bits per heavy atom. The van der Waals surface area contributed by atoms with Crippen molar-refractivity contribution in [1.82, 2.24) is 0 Å². The highest BCUT2D eigenvalue weighted by molar-refractivity contribution is 7.99. The lowest BCUT2D eigenvalue weighted by atomic mass is 10.0. The molecule has 0 amide bonds. The van der Waals surface area contributed by atoms with Crippen LogP contribution in [0.5, 0.6) is 5.75 Å². The van der Waals surface area contributed by atoms with E-state index in [0.29, 0.717) is 5.75 Å². The number of benzene rings is 2. The minimum absolute atomic E-state index is 0.0340. The van der Waals surface area contributed by atoms with Gasteiger partial charge in [-0.3, -0.25) is 4.79 Å². The van der Waals surface area contributed by atoms with Gasteiger partial charge in [-0.05, 0) is 42.3 Å². The molecule has 4 heteroatoms. The van der Waals surface area contributed by atoms with Crippen LogP contribution in [0.2, 0.25) is 0 Å². The summed E-state index contributed by atoms with van der Waals surface area (Å²) in [4.78, 5) is 13.5. The maximum Gasteiger partial charge on any atom is 0.178 e. The van der Waals surface area contributed by atoms with Gasteiger partial charge in [-0.2, -0.15) is 0 Å². The average Bonchev–Trinajstić information content (AvgIpc) is 2.49. The summed E-state index contributed by atoms with van der Waals surface area (Å²) in [6, 6.07) is 12.2. The van der Waals surface area contributed by atoms with Crippen LogP contribution in [0, 0.1) is 12.7 Å². The van der Waals surface area contributed by atoms with Crippen LogP contribution in [0.4, 0.5) is 4.39 Å². The number of aryl methyl sites for hydroxylation is 1. The van der Waals surface area contributed by atoms with Gasteiger partial charge >= 0.3 is 0 Å². The molecule has 2 aromatic carbocycles. The van der Waals surface area contributed by atoms with Crippen molar-refractivity contribution in [2.45, 2.75) is 24.3 Å². The van der Waals surface area contributed by atoms with Gasteiger partial charge in [0, 0.05) is 17.1 Å². The second kappa shape index (κ2) is 5.90. The molecule has 0 bridgehead atoms. The Bertz CT molecular complexity index is 684. The van der Waals surface area contributed by atoms with E-state index in [4.69, 9.17) is 4.74 Å². The van der Waals surface area contributed by atoms with E-state index in [0.717, 1.165) is 21.8 Å². The van der Waals surface area contributed by atoms with Gasteiger partial charge in [-0.1, -0.05) is 18.2 Å². The quantitative estimate of drug-likeness (QED) is 0.862. The lowest BCUT2D eigenvalue weighted by molar-refractivity contribution is -0.124. The van der Waals surface area contributed by atoms with Crippen LogP contribution >= 0.6 is 11.8 Å². The van der Waals surface area contributed by atoms with E-state index < -0.39 is 6.10 Å². The summed E-state index contributed by atoms with van der Waals surface area (Å²) in [5.74, 6) is 1.15. The highest BCUT2D eigenvalue weighted by atomic mass is 32.2. The Kier molecular flexibility index (Phi) is 3.97. The molecular weight excluding hydrogens is 287 g/mol. The second-order valence-electron chi connectivity index (χ2n) is 5.08. The molecular formula is C17H15FO2S. The van der Waals surface area contributed by atoms with Crippen molar-refractivity contribution < 1.29 is 13.9 Å². The summed E-state index contributed by atoms with van der Waals surface area (Å²) in [5.41, 5.74) is 1.65. The minimum atomic E-state index is -0.436. The molecule has 0 saturated heterocycles. The number of halogens is 1. The number of Topliss-reactive ketones (excluding diaryl/α,β-unsaturated/α-hetero) is 1. The molecule has 0 N–H and O–H groups in total. The van der Waals surface area contributed by atoms with Crippen molar-refractivity contribution in [3.8, 4) is 5.75 Å². The third kappa shape index (κ3) is 3.10. The van der Waals surface area contributed by atoms with Crippen LogP contribution in [0.15, 0.2) is 47.4 Å². The summed E-state index contributed by atoms with van der Waals surface area (Å²) >= 11 is 1.64. The zero-order valence-electron chi connectivity index (χ0n) is 11.6. The molecule has 21 heavy (non-hydrogen) atoms. The monoisotopic (exact) mass is 302 g/mol. The fourth-order valence-corrected chi connectivity index (χ4v) is 3.36. The normalized spacial score (nSPS) is 17.0. The van der Waals surface area contributed by atoms with Crippen molar-refractivity contribution in [3.63, 3.8) is 0 Å². The van der Waals surface area contributed by atoms with Gasteiger partial charge in [0.05, 0.1) is 0 Å². The number of carbonyl (C=O) groups excluding carboxylic acids is 1. The fraction of sp³-hybridized carbons (Fsp3) is 0.235. The SMILES string of the molecule is Cc1cc(F)ccc1CC(=O)C1CSc2ccccc2O1. The second-order valence-corrected chi connectivity index (χ2v) is 6.14. The summed E-state index contributed by atoms with van der Waals surface area (Å²) in [5, 5.41) is 0. The van der Waals surface area contributed by atoms with Gasteiger partial charge in [0.1, 0.15) is 11.6 Å². The van der Waals surface area contributed by atoms with Crippen molar-refractivity contribution in [2.24, 2.45) is 0 Å². The zero-order chi connectivity index (χ0) is 14.8. The third-order valence-corrected chi connectivity index (χ3v) is 4.65. The topological polar surface area (TPSA) is 26.3 Å². The van der Waals surface area contributed by atoms with E-state index in [-0.39, 0.29) is 18.0 Å². The van der Waals surface area contributed by atoms with E-state index in [1.54, 1.807) is 17.8 Å². The Labute approximate surface area is 127 Å². The Morgan fingerprint density at radius 1 is 1.33 bits per heavy atom. The highest BCUT2D eigenvalue weighted by Gasteiger charge is 2.26. The molecule has 1 aliphatic rings. The van der Waals surface area contributed by atoms with E-state index in [9.17, 15) is 9.18 Å². The van der Waals surface area contributed by atoms with Gasteiger partial charge in [-0.15, -0.1) is 11.8 Å². The fourth-order valence-electron chi connectivity index (χ4n) is 2.34. The first-order valence-corrected chi connectivity index (χ1v) is 7.78. The molecule has 0 aromatic heterocycles. The minimum Gasteiger partial charge on any atom is -0.481 e. The highest BCUT2D eigenvalue weighted by Crippen LogP contribution is 2.35. The predicted molar refractivity (Wildman–Crippen MR) is 81.4 cm³/mol. The molecule has 1 aliphatic heterocycles. The molecule has 1 atom stereocenters. The lowest BCUT2D eigenvalue weighted by Crippen LogP contribution is -2.33. The largest absolute Gasteiger partial charge is 0.481 e. The molecule has 0 fully saturated rings. The molecule has 0 radical (unpaired) electrons. The van der Waals surface area contributed by atoms with Crippen molar-refractivity contribution >= 4 is 17.5 Å². The van der Waals surface area contributed by atoms with Gasteiger partial charge in [0.15, 0.2) is 11.9 Å². The predicted octanol–water partition coefficient (Wildman–Crippen LogP) is 3.80. The first-order valence-electron chi connectivity index (χ1n) is 6.80. The van der Waals surface area contributed by atoms with E-state index in [1.807, 2.05) is 31.2 Å². The molecule has 1 unspecified atom stereocenters. The van der Waals surface area contributed by atoms with Crippen LogP contribution in [-0.2, 0) is 11.2 Å². The number of thioether (sulfide) groups is 1. The maximum absolute atomic E-state index is 13.1. The van der Waals surface area contributed by atoms with Gasteiger partial charge in [0.2, 0.25) is 0 Å². The first-order chi connectivity index (χ1) is 10.1. The van der Waals surface area contributed by atoms with Crippen LogP contribution in [0.3, 0.4) is 0 Å². The number of rotatable bonds is 3. The number of para-hydroxylation sites is 1. The van der Waals surface area contributed by atoms with E-state index in [1.165, 1.54) is 12.1 Å². The summed E-state index contributed by atoms with van der Waals surface area (Å²) in [7, 11) is 0. The Morgan fingerprint density at radius 3 is 2.95 bits per heavy atom. The Hall–Kier alpha value is -1.81.